The molecule has 0 bridgehead atoms. The van der Waals surface area contributed by atoms with Crippen LogP contribution in [0.4, 0.5) is 0 Å². The van der Waals surface area contributed by atoms with E-state index in [2.05, 4.69) is 4.74 Å². The van der Waals surface area contributed by atoms with E-state index in [1.807, 2.05) is 0 Å². The smallest absolute Gasteiger partial charge is 0.351 e. The first-order chi connectivity index (χ1) is 11.0. The van der Waals surface area contributed by atoms with Gasteiger partial charge in [0.25, 0.3) is 0 Å². The Balaban J connectivity index is 2.62. The Kier molecular flexibility index (Phi) is 3.48. The largest absolute Gasteiger partial charge is 0.495 e. The lowest BCUT2D eigenvalue weighted by Crippen LogP contribution is -2.18. The maximum atomic E-state index is 12.2. The van der Waals surface area contributed by atoms with E-state index in [-0.39, 0.29) is 16.9 Å². The van der Waals surface area contributed by atoms with Gasteiger partial charge in [0, 0.05) is 0 Å². The fourth-order valence-electron chi connectivity index (χ4n) is 2.71. The minimum absolute atomic E-state index is 0.155. The summed E-state index contributed by atoms with van der Waals surface area (Å²) in [6.07, 6.45) is 1.48. The number of ether oxygens (including phenoxy) is 3. The van der Waals surface area contributed by atoms with Gasteiger partial charge < -0.3 is 23.0 Å². The molecule has 0 spiro atoms. The number of carbonyl (C=O) groups excluding carboxylic acids is 1. The molecular formula is C16H14O7. The first-order valence-corrected chi connectivity index (χ1v) is 6.72. The second-order valence-electron chi connectivity index (χ2n) is 4.82. The van der Waals surface area contributed by atoms with E-state index in [0.717, 1.165) is 0 Å². The van der Waals surface area contributed by atoms with Crippen molar-refractivity contribution in [1.29, 1.82) is 0 Å². The third-order valence-corrected chi connectivity index (χ3v) is 3.72. The topological polar surface area (TPSA) is 88.1 Å². The zero-order valence-electron chi connectivity index (χ0n) is 13.0. The molecular weight excluding hydrogens is 304 g/mol. The fourth-order valence-corrected chi connectivity index (χ4v) is 2.71. The van der Waals surface area contributed by atoms with Crippen LogP contribution in [0.2, 0.25) is 0 Å². The highest BCUT2D eigenvalue weighted by atomic mass is 16.5. The van der Waals surface area contributed by atoms with E-state index in [9.17, 15) is 9.59 Å². The molecule has 1 aromatic carbocycles. The van der Waals surface area contributed by atoms with Crippen LogP contribution in [0.15, 0.2) is 26.0 Å². The molecule has 0 amide bonds. The Morgan fingerprint density at radius 1 is 1.09 bits per heavy atom. The van der Waals surface area contributed by atoms with E-state index in [4.69, 9.17) is 18.3 Å². The molecule has 0 aliphatic heterocycles. The molecule has 2 aromatic heterocycles. The average Bonchev–Trinajstić information content (AvgIpc) is 3.01. The van der Waals surface area contributed by atoms with Crippen LogP contribution in [0.1, 0.15) is 15.9 Å². The molecule has 0 aliphatic rings. The van der Waals surface area contributed by atoms with Crippen molar-refractivity contribution < 1.29 is 27.8 Å². The molecule has 7 nitrogen and oxygen atoms in total. The van der Waals surface area contributed by atoms with Crippen molar-refractivity contribution in [2.45, 2.75) is 6.92 Å². The van der Waals surface area contributed by atoms with Gasteiger partial charge in [-0.2, -0.15) is 0 Å². The molecule has 0 saturated heterocycles. The van der Waals surface area contributed by atoms with Crippen molar-refractivity contribution in [3.63, 3.8) is 0 Å². The number of furan rings is 1. The molecule has 0 aliphatic carbocycles. The molecule has 0 radical (unpaired) electrons. The molecule has 2 heterocycles. The summed E-state index contributed by atoms with van der Waals surface area (Å²) in [5.74, 6) is -0.0835. The number of fused-ring (bicyclic) bond motifs is 2. The summed E-state index contributed by atoms with van der Waals surface area (Å²) < 4.78 is 26.2. The summed E-state index contributed by atoms with van der Waals surface area (Å²) >= 11 is 0. The number of esters is 1. The van der Waals surface area contributed by atoms with Crippen LogP contribution in [0.5, 0.6) is 11.5 Å². The third kappa shape index (κ3) is 1.97. The summed E-state index contributed by atoms with van der Waals surface area (Å²) in [6, 6.07) is 1.71. The Morgan fingerprint density at radius 2 is 1.78 bits per heavy atom. The second kappa shape index (κ2) is 5.35. The Morgan fingerprint density at radius 3 is 2.39 bits per heavy atom. The molecule has 3 aromatic rings. The van der Waals surface area contributed by atoms with Crippen LogP contribution in [-0.4, -0.2) is 27.3 Å². The van der Waals surface area contributed by atoms with Gasteiger partial charge in [0.1, 0.15) is 11.3 Å². The van der Waals surface area contributed by atoms with Gasteiger partial charge in [0.2, 0.25) is 5.75 Å². The maximum absolute atomic E-state index is 12.2. The van der Waals surface area contributed by atoms with E-state index >= 15 is 0 Å². The lowest BCUT2D eigenvalue weighted by Gasteiger charge is -2.13. The predicted molar refractivity (Wildman–Crippen MR) is 81.4 cm³/mol. The lowest BCUT2D eigenvalue weighted by atomic mass is 10.0. The number of aryl methyl sites for hydroxylation is 1. The predicted octanol–water partition coefficient (Wildman–Crippen LogP) is 2.65. The van der Waals surface area contributed by atoms with Crippen LogP contribution in [0, 0.1) is 6.92 Å². The fraction of sp³-hybridized carbons (Fsp3) is 0.250. The number of carbonyl (C=O) groups is 1. The van der Waals surface area contributed by atoms with Crippen molar-refractivity contribution in [3.8, 4) is 11.5 Å². The van der Waals surface area contributed by atoms with Gasteiger partial charge in [-0.15, -0.1) is 0 Å². The molecule has 0 N–H and O–H groups in total. The number of methoxy groups -OCH3 is 3. The van der Waals surface area contributed by atoms with Gasteiger partial charge in [0.15, 0.2) is 11.2 Å². The number of benzene rings is 1. The minimum atomic E-state index is -0.812. The normalized spacial score (nSPS) is 11.0. The Hall–Kier alpha value is -2.96. The van der Waals surface area contributed by atoms with Crippen molar-refractivity contribution in [2.24, 2.45) is 0 Å². The first kappa shape index (κ1) is 15.0. The summed E-state index contributed by atoms with van der Waals surface area (Å²) in [7, 11) is 4.12. The van der Waals surface area contributed by atoms with Crippen LogP contribution in [0.25, 0.3) is 21.9 Å². The molecule has 0 fully saturated rings. The quantitative estimate of drug-likeness (QED) is 0.542. The van der Waals surface area contributed by atoms with Crippen LogP contribution < -0.4 is 15.1 Å². The molecule has 120 valence electrons. The van der Waals surface area contributed by atoms with E-state index in [1.54, 1.807) is 13.0 Å². The SMILES string of the molecule is COC(=O)c1c(C)c2c(OC)c3ccoc3c(OC)c2oc1=O. The second-order valence-corrected chi connectivity index (χ2v) is 4.82. The standard InChI is InChI=1S/C16H14O7/c1-7-9-11(19-2)8-5-6-22-12(8)14(20-3)13(9)23-16(18)10(7)15(17)21-4/h5-6H,1-4H3. The molecule has 23 heavy (non-hydrogen) atoms. The number of hydrogen-bond acceptors (Lipinski definition) is 7. The van der Waals surface area contributed by atoms with Gasteiger partial charge >= 0.3 is 11.6 Å². The monoisotopic (exact) mass is 318 g/mol. The summed E-state index contributed by atoms with van der Waals surface area (Å²) in [5.41, 5.74) is -0.0511. The highest BCUT2D eigenvalue weighted by Gasteiger charge is 2.27. The molecule has 0 atom stereocenters. The van der Waals surface area contributed by atoms with Crippen molar-refractivity contribution >= 4 is 27.9 Å². The third-order valence-electron chi connectivity index (χ3n) is 3.72. The van der Waals surface area contributed by atoms with Crippen molar-refractivity contribution in [2.75, 3.05) is 21.3 Å². The average molecular weight is 318 g/mol. The zero-order valence-corrected chi connectivity index (χ0v) is 13.0. The number of hydrogen-bond donors (Lipinski definition) is 0. The Bertz CT molecular complexity index is 978. The van der Waals surface area contributed by atoms with Crippen LogP contribution >= 0.6 is 0 Å². The maximum Gasteiger partial charge on any atom is 0.351 e. The summed E-state index contributed by atoms with van der Waals surface area (Å²) in [4.78, 5) is 24.1. The molecule has 0 saturated carbocycles. The van der Waals surface area contributed by atoms with E-state index in [0.29, 0.717) is 27.7 Å². The van der Waals surface area contributed by atoms with Gasteiger partial charge in [0.05, 0.1) is 38.4 Å². The molecule has 0 unspecified atom stereocenters. The lowest BCUT2D eigenvalue weighted by molar-refractivity contribution is 0.0595. The van der Waals surface area contributed by atoms with Crippen LogP contribution in [-0.2, 0) is 4.74 Å². The van der Waals surface area contributed by atoms with E-state index in [1.165, 1.54) is 27.6 Å². The highest BCUT2D eigenvalue weighted by Crippen LogP contribution is 2.44. The van der Waals surface area contributed by atoms with E-state index < -0.39 is 11.6 Å². The molecule has 3 rings (SSSR count). The molecule has 7 heteroatoms. The van der Waals surface area contributed by atoms with Crippen molar-refractivity contribution in [3.05, 3.63) is 33.9 Å². The Labute approximate surface area is 130 Å². The summed E-state index contributed by atoms with van der Waals surface area (Å²) in [5, 5.41) is 1.10. The van der Waals surface area contributed by atoms with Crippen LogP contribution in [0.3, 0.4) is 0 Å². The van der Waals surface area contributed by atoms with Gasteiger partial charge in [-0.05, 0) is 18.6 Å². The highest BCUT2D eigenvalue weighted by molar-refractivity contribution is 6.10. The number of rotatable bonds is 3. The minimum Gasteiger partial charge on any atom is -0.495 e. The summed E-state index contributed by atoms with van der Waals surface area (Å²) in [6.45, 7) is 1.62. The zero-order chi connectivity index (χ0) is 16.7. The van der Waals surface area contributed by atoms with Gasteiger partial charge in [-0.3, -0.25) is 0 Å². The van der Waals surface area contributed by atoms with Gasteiger partial charge in [-0.25, -0.2) is 9.59 Å². The van der Waals surface area contributed by atoms with Gasteiger partial charge in [-0.1, -0.05) is 0 Å². The first-order valence-electron chi connectivity index (χ1n) is 6.72. The van der Waals surface area contributed by atoms with Crippen molar-refractivity contribution in [1.82, 2.24) is 0 Å².